The zero-order chi connectivity index (χ0) is 32.6. The minimum Gasteiger partial charge on any atom is -0.490 e. The quantitative estimate of drug-likeness (QED) is 0.345. The number of hydrogen-bond donors (Lipinski definition) is 2. The van der Waals surface area contributed by atoms with Crippen LogP contribution in [0.4, 0.5) is 5.69 Å². The molecule has 0 radical (unpaired) electrons. The molecule has 2 heterocycles. The predicted molar refractivity (Wildman–Crippen MR) is 175 cm³/mol. The van der Waals surface area contributed by atoms with E-state index in [0.717, 1.165) is 24.2 Å². The van der Waals surface area contributed by atoms with Gasteiger partial charge in [-0.3, -0.25) is 9.59 Å². The predicted octanol–water partition coefficient (Wildman–Crippen LogP) is 5.12. The van der Waals surface area contributed by atoms with Crippen LogP contribution in [0.3, 0.4) is 0 Å². The molecule has 10 nitrogen and oxygen atoms in total. The number of ether oxygens (including phenoxy) is 2. The third-order valence-electron chi connectivity index (χ3n) is 7.94. The summed E-state index contributed by atoms with van der Waals surface area (Å²) in [5, 5.41) is 14.8. The highest BCUT2D eigenvalue weighted by atomic mass is 32.2. The van der Waals surface area contributed by atoms with Gasteiger partial charge in [0.2, 0.25) is 0 Å². The van der Waals surface area contributed by atoms with Gasteiger partial charge in [-0.05, 0) is 74.9 Å². The van der Waals surface area contributed by atoms with E-state index in [4.69, 9.17) is 9.47 Å². The van der Waals surface area contributed by atoms with Gasteiger partial charge < -0.3 is 24.8 Å². The molecule has 3 aromatic rings. The summed E-state index contributed by atoms with van der Waals surface area (Å²) in [5.41, 5.74) is 1.17. The summed E-state index contributed by atoms with van der Waals surface area (Å²) < 4.78 is 40.5. The lowest BCUT2D eigenvalue weighted by molar-refractivity contribution is -0.00832. The average molecular weight is 658 g/mol. The lowest BCUT2D eigenvalue weighted by atomic mass is 10.0. The molecule has 45 heavy (non-hydrogen) atoms. The largest absolute Gasteiger partial charge is 0.490 e. The minimum atomic E-state index is -3.71. The molecule has 0 unspecified atom stereocenters. The van der Waals surface area contributed by atoms with Gasteiger partial charge in [0, 0.05) is 43.9 Å². The number of aliphatic hydroxyl groups is 1. The highest BCUT2D eigenvalue weighted by Crippen LogP contribution is 2.29. The van der Waals surface area contributed by atoms with Crippen molar-refractivity contribution in [3.05, 3.63) is 77.2 Å². The Hall–Kier alpha value is -3.29. The highest BCUT2D eigenvalue weighted by Gasteiger charge is 2.32. The van der Waals surface area contributed by atoms with E-state index in [-0.39, 0.29) is 53.3 Å². The van der Waals surface area contributed by atoms with Crippen molar-refractivity contribution in [2.45, 2.75) is 62.5 Å². The Morgan fingerprint density at radius 2 is 1.89 bits per heavy atom. The van der Waals surface area contributed by atoms with Crippen molar-refractivity contribution in [3.63, 3.8) is 0 Å². The van der Waals surface area contributed by atoms with Gasteiger partial charge in [-0.15, -0.1) is 11.3 Å². The molecule has 2 amide bonds. The molecule has 1 aromatic heterocycles. The molecular weight excluding hydrogens is 615 g/mol. The molecule has 2 N–H and O–H groups in total. The molecule has 0 saturated carbocycles. The van der Waals surface area contributed by atoms with Crippen molar-refractivity contribution >= 4 is 38.9 Å². The van der Waals surface area contributed by atoms with E-state index in [0.29, 0.717) is 30.0 Å². The SMILES string of the molecule is C[C@@H]1CN([C@H](C)CO)C(=O)c2cc(NC(=O)c3ccccc3)ccc2O[C@@H](C)CCCCO[C@H]1CN(C)S(=O)(=O)c1cccs1. The van der Waals surface area contributed by atoms with Crippen LogP contribution in [0.15, 0.2) is 70.3 Å². The molecule has 0 spiro atoms. The highest BCUT2D eigenvalue weighted by molar-refractivity contribution is 7.91. The third kappa shape index (κ3) is 8.92. The molecule has 0 bridgehead atoms. The van der Waals surface area contributed by atoms with E-state index in [2.05, 4.69) is 5.32 Å². The van der Waals surface area contributed by atoms with Gasteiger partial charge in [0.1, 0.15) is 9.96 Å². The number of anilines is 1. The van der Waals surface area contributed by atoms with Gasteiger partial charge in [0.15, 0.2) is 0 Å². The molecule has 244 valence electrons. The number of nitrogens with zero attached hydrogens (tertiary/aromatic N) is 2. The van der Waals surface area contributed by atoms with Crippen LogP contribution in [-0.4, -0.2) is 86.1 Å². The van der Waals surface area contributed by atoms with Gasteiger partial charge in [-0.2, -0.15) is 4.31 Å². The monoisotopic (exact) mass is 657 g/mol. The smallest absolute Gasteiger partial charge is 0.258 e. The van der Waals surface area contributed by atoms with Gasteiger partial charge in [0.25, 0.3) is 21.8 Å². The number of likely N-dealkylation sites (N-methyl/N-ethyl adjacent to an activating group) is 1. The Morgan fingerprint density at radius 1 is 1.13 bits per heavy atom. The first-order valence-electron chi connectivity index (χ1n) is 15.2. The number of aliphatic hydroxyl groups excluding tert-OH is 1. The average Bonchev–Trinajstić information content (AvgIpc) is 3.59. The first-order valence-corrected chi connectivity index (χ1v) is 17.5. The van der Waals surface area contributed by atoms with E-state index in [1.54, 1.807) is 71.8 Å². The van der Waals surface area contributed by atoms with Crippen LogP contribution in [-0.2, 0) is 14.8 Å². The second-order valence-electron chi connectivity index (χ2n) is 11.5. The second kappa shape index (κ2) is 15.8. The number of thiophene rings is 1. The Labute approximate surface area is 270 Å². The van der Waals surface area contributed by atoms with E-state index in [9.17, 15) is 23.1 Å². The topological polar surface area (TPSA) is 125 Å². The van der Waals surface area contributed by atoms with Gasteiger partial charge in [-0.1, -0.05) is 31.2 Å². The summed E-state index contributed by atoms with van der Waals surface area (Å²) in [5.74, 6) is -0.596. The van der Waals surface area contributed by atoms with Gasteiger partial charge in [-0.25, -0.2) is 8.42 Å². The van der Waals surface area contributed by atoms with Crippen molar-refractivity contribution in [2.24, 2.45) is 5.92 Å². The maximum absolute atomic E-state index is 14.3. The molecule has 0 saturated heterocycles. The Balaban J connectivity index is 1.65. The number of fused-ring (bicyclic) bond motifs is 1. The lowest BCUT2D eigenvalue weighted by Gasteiger charge is -2.35. The van der Waals surface area contributed by atoms with Crippen LogP contribution >= 0.6 is 11.3 Å². The summed E-state index contributed by atoms with van der Waals surface area (Å²) in [6, 6.07) is 16.5. The fourth-order valence-electron chi connectivity index (χ4n) is 5.17. The standard InChI is InChI=1S/C33H43N3O7S2/c1-23-20-36(24(2)22-37)33(39)28-19-27(34-32(38)26-12-6-5-7-13-26)15-16-29(28)43-25(3)11-8-9-17-42-30(23)21-35(4)45(40,41)31-14-10-18-44-31/h5-7,10,12-16,18-19,23-25,30,37H,8-9,11,17,20-22H2,1-4H3,(H,34,38)/t23-,24-,25+,30+/m1/s1. The number of benzene rings is 2. The first kappa shape index (κ1) is 34.6. The zero-order valence-electron chi connectivity index (χ0n) is 26.2. The zero-order valence-corrected chi connectivity index (χ0v) is 27.9. The Kier molecular flexibility index (Phi) is 12.2. The number of carbonyl (C=O) groups is 2. The molecule has 4 rings (SSSR count). The molecule has 4 atom stereocenters. The number of hydrogen-bond acceptors (Lipinski definition) is 8. The fourth-order valence-corrected chi connectivity index (χ4v) is 7.56. The molecular formula is C33H43N3O7S2. The van der Waals surface area contributed by atoms with Crippen LogP contribution < -0.4 is 10.1 Å². The second-order valence-corrected chi connectivity index (χ2v) is 14.8. The van der Waals surface area contributed by atoms with Crippen molar-refractivity contribution in [1.29, 1.82) is 0 Å². The van der Waals surface area contributed by atoms with E-state index in [1.165, 1.54) is 11.4 Å². The van der Waals surface area contributed by atoms with Crippen LogP contribution in [0.5, 0.6) is 5.75 Å². The van der Waals surface area contributed by atoms with Crippen molar-refractivity contribution in [2.75, 3.05) is 38.7 Å². The van der Waals surface area contributed by atoms with E-state index < -0.39 is 22.2 Å². The van der Waals surface area contributed by atoms with Crippen LogP contribution in [0.1, 0.15) is 60.7 Å². The van der Waals surface area contributed by atoms with Crippen molar-refractivity contribution < 1.29 is 32.6 Å². The number of nitrogens with one attached hydrogen (secondary N) is 1. The Morgan fingerprint density at radius 3 is 2.58 bits per heavy atom. The third-order valence-corrected chi connectivity index (χ3v) is 11.1. The minimum absolute atomic E-state index is 0.0999. The molecule has 0 fully saturated rings. The van der Waals surface area contributed by atoms with E-state index >= 15 is 0 Å². The van der Waals surface area contributed by atoms with Gasteiger partial charge >= 0.3 is 0 Å². The van der Waals surface area contributed by atoms with Crippen LogP contribution in [0.2, 0.25) is 0 Å². The molecule has 0 aliphatic carbocycles. The number of amides is 2. The van der Waals surface area contributed by atoms with Crippen molar-refractivity contribution in [1.82, 2.24) is 9.21 Å². The number of carbonyl (C=O) groups excluding carboxylic acids is 2. The van der Waals surface area contributed by atoms with E-state index in [1.807, 2.05) is 19.9 Å². The molecule has 1 aliphatic rings. The maximum Gasteiger partial charge on any atom is 0.258 e. The maximum atomic E-state index is 14.3. The molecule has 1 aliphatic heterocycles. The fraction of sp³-hybridized carbons (Fsp3) is 0.455. The first-order chi connectivity index (χ1) is 21.5. The van der Waals surface area contributed by atoms with Crippen LogP contribution in [0.25, 0.3) is 0 Å². The number of sulfonamides is 1. The Bertz CT molecular complexity index is 1520. The summed E-state index contributed by atoms with van der Waals surface area (Å²) in [7, 11) is -2.17. The summed E-state index contributed by atoms with van der Waals surface area (Å²) in [6.45, 7) is 6.04. The number of rotatable bonds is 8. The lowest BCUT2D eigenvalue weighted by Crippen LogP contribution is -2.48. The summed E-state index contributed by atoms with van der Waals surface area (Å²) >= 11 is 1.16. The van der Waals surface area contributed by atoms with Crippen molar-refractivity contribution in [3.8, 4) is 5.75 Å². The van der Waals surface area contributed by atoms with Crippen LogP contribution in [0, 0.1) is 5.92 Å². The molecule has 2 aromatic carbocycles. The van der Waals surface area contributed by atoms with Gasteiger partial charge in [0.05, 0.1) is 30.4 Å². The summed E-state index contributed by atoms with van der Waals surface area (Å²) in [6.07, 6.45) is 1.56. The normalized spacial score (nSPS) is 21.0. The summed E-state index contributed by atoms with van der Waals surface area (Å²) in [4.78, 5) is 28.7. The molecule has 12 heteroatoms.